The summed E-state index contributed by atoms with van der Waals surface area (Å²) in [4.78, 5) is 25.7. The first-order chi connectivity index (χ1) is 21.5. The second-order valence-electron chi connectivity index (χ2n) is 11.9. The fourth-order valence-electron chi connectivity index (χ4n) is 5.77. The van der Waals surface area contributed by atoms with Crippen molar-refractivity contribution in [3.8, 4) is 5.75 Å². The Labute approximate surface area is 263 Å². The molecule has 0 unspecified atom stereocenters. The van der Waals surface area contributed by atoms with E-state index in [0.717, 1.165) is 35.2 Å². The summed E-state index contributed by atoms with van der Waals surface area (Å²) in [5.41, 5.74) is 4.17. The molecule has 0 saturated carbocycles. The number of fused-ring (bicyclic) bond motifs is 1. The van der Waals surface area contributed by atoms with Crippen LogP contribution in [0.4, 0.5) is 5.69 Å². The van der Waals surface area contributed by atoms with Gasteiger partial charge in [0.1, 0.15) is 18.5 Å². The normalized spacial score (nSPS) is 11.1. The third-order valence-electron chi connectivity index (χ3n) is 8.21. The van der Waals surface area contributed by atoms with Crippen molar-refractivity contribution in [1.82, 2.24) is 4.40 Å². The number of aromatic nitrogens is 2. The molecule has 0 radical (unpaired) electrons. The maximum absolute atomic E-state index is 13.3. The predicted octanol–water partition coefficient (Wildman–Crippen LogP) is 8.74. The zero-order valence-electron chi connectivity index (χ0n) is 26.7. The van der Waals surface area contributed by atoms with Crippen LogP contribution in [-0.2, 0) is 17.8 Å². The lowest BCUT2D eigenvalue weighted by Crippen LogP contribution is -2.32. The quantitative estimate of drug-likeness (QED) is 0.0630. The number of Topliss-reactive ketones (excluding diaryl/α,β-unsaturated/α-hetero) is 1. The van der Waals surface area contributed by atoms with E-state index in [1.807, 2.05) is 61.1 Å². The molecule has 0 spiro atoms. The first-order valence-corrected chi connectivity index (χ1v) is 16.6. The number of nitrogens with zero attached hydrogens (tertiary/aromatic N) is 2. The van der Waals surface area contributed by atoms with E-state index in [1.165, 1.54) is 64.2 Å². The number of pyridine rings is 1. The number of unbranched alkanes of at least 4 members (excludes halogenated alkanes) is 11. The Morgan fingerprint density at radius 3 is 2.14 bits per heavy atom. The van der Waals surface area contributed by atoms with E-state index in [2.05, 4.69) is 33.5 Å². The fourth-order valence-corrected chi connectivity index (χ4v) is 5.77. The predicted molar refractivity (Wildman–Crippen MR) is 178 cm³/mol. The van der Waals surface area contributed by atoms with Crippen molar-refractivity contribution in [1.29, 1.82) is 0 Å². The minimum atomic E-state index is -0.139. The molecule has 6 nitrogen and oxygen atoms in total. The molecule has 4 rings (SSSR count). The van der Waals surface area contributed by atoms with Gasteiger partial charge in [-0.15, -0.1) is 0 Å². The van der Waals surface area contributed by atoms with Gasteiger partial charge in [0.25, 0.3) is 0 Å². The highest BCUT2D eigenvalue weighted by molar-refractivity contribution is 5.98. The van der Waals surface area contributed by atoms with Gasteiger partial charge in [-0.25, -0.2) is 8.97 Å². The van der Waals surface area contributed by atoms with Gasteiger partial charge in [0.15, 0.2) is 11.3 Å². The molecule has 2 aromatic carbocycles. The van der Waals surface area contributed by atoms with Gasteiger partial charge in [0, 0.05) is 16.8 Å². The Kier molecular flexibility index (Phi) is 13.5. The van der Waals surface area contributed by atoms with E-state index in [0.29, 0.717) is 24.5 Å². The third kappa shape index (κ3) is 10.4. The molecule has 0 atom stereocenters. The Hall–Kier alpha value is -3.93. The van der Waals surface area contributed by atoms with Gasteiger partial charge in [0.05, 0.1) is 24.8 Å². The van der Waals surface area contributed by atoms with Crippen LogP contribution in [0, 0.1) is 0 Å². The number of carbonyl (C=O) groups excluding carboxylic acids is 2. The maximum atomic E-state index is 13.3. The molecule has 0 aliphatic carbocycles. The van der Waals surface area contributed by atoms with E-state index in [-0.39, 0.29) is 18.1 Å². The topological polar surface area (TPSA) is 63.7 Å². The van der Waals surface area contributed by atoms with Crippen molar-refractivity contribution in [2.75, 3.05) is 11.9 Å². The van der Waals surface area contributed by atoms with Gasteiger partial charge in [-0.2, -0.15) is 0 Å². The van der Waals surface area contributed by atoms with E-state index in [9.17, 15) is 9.59 Å². The number of rotatable bonds is 20. The summed E-state index contributed by atoms with van der Waals surface area (Å²) in [6.45, 7) is 4.99. The van der Waals surface area contributed by atoms with E-state index in [4.69, 9.17) is 4.74 Å². The second-order valence-corrected chi connectivity index (χ2v) is 11.9. The van der Waals surface area contributed by atoms with Gasteiger partial charge in [-0.3, -0.25) is 9.59 Å². The van der Waals surface area contributed by atoms with Crippen LogP contribution in [-0.4, -0.2) is 22.7 Å². The highest BCUT2D eigenvalue weighted by atomic mass is 16.5. The Bertz CT molecular complexity index is 1440. The minimum absolute atomic E-state index is 0.0562. The van der Waals surface area contributed by atoms with Gasteiger partial charge in [-0.05, 0) is 37.6 Å². The molecule has 0 aliphatic heterocycles. The molecular weight excluding hydrogens is 546 g/mol. The van der Waals surface area contributed by atoms with Crippen molar-refractivity contribution in [2.24, 2.45) is 0 Å². The first-order valence-electron chi connectivity index (χ1n) is 16.6. The van der Waals surface area contributed by atoms with Gasteiger partial charge in [0.2, 0.25) is 12.2 Å². The lowest BCUT2D eigenvalue weighted by molar-refractivity contribution is -0.686. The molecule has 4 aromatic rings. The molecule has 234 valence electrons. The number of carbonyl (C=O) groups is 2. The number of anilines is 1. The highest BCUT2D eigenvalue weighted by Gasteiger charge is 2.17. The summed E-state index contributed by atoms with van der Waals surface area (Å²) in [6, 6.07) is 19.5. The van der Waals surface area contributed by atoms with E-state index >= 15 is 0 Å². The van der Waals surface area contributed by atoms with Gasteiger partial charge < -0.3 is 10.1 Å². The number of benzene rings is 2. The SMILES string of the molecule is CCCCCCCCCCCCCCOc1c(CC(=O)Nc2ccccc2C[n+]2cc3ccccn3c2)cccc1C(C)=O. The number of amides is 1. The Morgan fingerprint density at radius 1 is 0.773 bits per heavy atom. The Balaban J connectivity index is 1.27. The molecule has 0 fully saturated rings. The standard InChI is InChI=1S/C38H49N3O3/c1-3-4-5-6-7-8-9-10-11-12-13-18-26-44-38-32(21-19-23-35(38)31(2)42)27-37(43)39-36-24-15-14-20-33(36)28-40-29-34-22-16-17-25-41(34)30-40/h14-17,19-25,29-30H,3-13,18,26-28H2,1-2H3/p+1. The van der Waals surface area contributed by atoms with Crippen LogP contribution in [0.15, 0.2) is 79.4 Å². The number of hydrogen-bond acceptors (Lipinski definition) is 3. The number of ketones is 1. The highest BCUT2D eigenvalue weighted by Crippen LogP contribution is 2.27. The van der Waals surface area contributed by atoms with Gasteiger partial charge in [-0.1, -0.05) is 114 Å². The molecule has 1 N–H and O–H groups in total. The van der Waals surface area contributed by atoms with Crippen molar-refractivity contribution < 1.29 is 18.9 Å². The van der Waals surface area contributed by atoms with Crippen LogP contribution in [0.1, 0.15) is 112 Å². The van der Waals surface area contributed by atoms with Crippen molar-refractivity contribution in [2.45, 2.75) is 104 Å². The zero-order valence-corrected chi connectivity index (χ0v) is 26.7. The Morgan fingerprint density at radius 2 is 1.43 bits per heavy atom. The molecule has 2 aromatic heterocycles. The molecule has 0 saturated heterocycles. The lowest BCUT2D eigenvalue weighted by Gasteiger charge is -2.15. The lowest BCUT2D eigenvalue weighted by atomic mass is 10.0. The van der Waals surface area contributed by atoms with Crippen LogP contribution in [0.25, 0.3) is 5.52 Å². The van der Waals surface area contributed by atoms with Crippen molar-refractivity contribution >= 4 is 22.9 Å². The summed E-state index contributed by atoms with van der Waals surface area (Å²) in [7, 11) is 0. The minimum Gasteiger partial charge on any atom is -0.493 e. The molecular formula is C38H50N3O3+. The average molecular weight is 597 g/mol. The van der Waals surface area contributed by atoms with Crippen LogP contribution < -0.4 is 14.6 Å². The molecule has 0 aliphatic rings. The van der Waals surface area contributed by atoms with Crippen LogP contribution in [0.3, 0.4) is 0 Å². The van der Waals surface area contributed by atoms with E-state index < -0.39 is 0 Å². The maximum Gasteiger partial charge on any atom is 0.249 e. The zero-order chi connectivity index (χ0) is 31.0. The smallest absolute Gasteiger partial charge is 0.249 e. The monoisotopic (exact) mass is 596 g/mol. The number of hydrogen-bond donors (Lipinski definition) is 1. The summed E-state index contributed by atoms with van der Waals surface area (Å²) in [6.07, 6.45) is 21.6. The molecule has 1 amide bonds. The van der Waals surface area contributed by atoms with Crippen LogP contribution >= 0.6 is 0 Å². The van der Waals surface area contributed by atoms with Crippen molar-refractivity contribution in [3.05, 3.63) is 96.1 Å². The van der Waals surface area contributed by atoms with E-state index in [1.54, 1.807) is 13.0 Å². The largest absolute Gasteiger partial charge is 0.493 e. The summed E-state index contributed by atoms with van der Waals surface area (Å²) >= 11 is 0. The number of ether oxygens (including phenoxy) is 1. The van der Waals surface area contributed by atoms with Crippen LogP contribution in [0.5, 0.6) is 5.75 Å². The van der Waals surface area contributed by atoms with Crippen molar-refractivity contribution in [3.63, 3.8) is 0 Å². The first kappa shape index (κ1) is 33.0. The molecule has 44 heavy (non-hydrogen) atoms. The number of para-hydroxylation sites is 2. The fraction of sp³-hybridized carbons (Fsp3) is 0.447. The van der Waals surface area contributed by atoms with Crippen LogP contribution in [0.2, 0.25) is 0 Å². The second kappa shape index (κ2) is 18.0. The summed E-state index contributed by atoms with van der Waals surface area (Å²) in [5.74, 6) is 0.349. The average Bonchev–Trinajstić information content (AvgIpc) is 3.43. The number of imidazole rings is 1. The summed E-state index contributed by atoms with van der Waals surface area (Å²) < 4.78 is 10.4. The number of nitrogens with one attached hydrogen (secondary N) is 1. The molecule has 2 heterocycles. The third-order valence-corrected chi connectivity index (χ3v) is 8.21. The molecule has 0 bridgehead atoms. The van der Waals surface area contributed by atoms with Gasteiger partial charge >= 0.3 is 0 Å². The molecule has 6 heteroatoms. The summed E-state index contributed by atoms with van der Waals surface area (Å²) in [5, 5.41) is 3.11.